The highest BCUT2D eigenvalue weighted by Gasteiger charge is 2.31. The Kier molecular flexibility index (Phi) is 8.33. The second-order valence-electron chi connectivity index (χ2n) is 8.40. The molecule has 1 aliphatic heterocycles. The first-order valence-corrected chi connectivity index (χ1v) is 11.0. The maximum absolute atomic E-state index is 13.0. The fourth-order valence-electron chi connectivity index (χ4n) is 4.44. The van der Waals surface area contributed by atoms with E-state index in [1.54, 1.807) is 0 Å². The van der Waals surface area contributed by atoms with Gasteiger partial charge in [-0.15, -0.1) is 0 Å². The number of carbonyl (C=O) groups excluding carboxylic acids is 1. The van der Waals surface area contributed by atoms with Crippen LogP contribution >= 0.6 is 0 Å². The normalized spacial score (nSPS) is 27.3. The number of fused-ring (bicyclic) bond motifs is 1. The number of hydrogen-bond donors (Lipinski definition) is 2. The number of carbonyl (C=O) groups is 1. The molecule has 0 unspecified atom stereocenters. The molecule has 3 atom stereocenters. The Labute approximate surface area is 173 Å². The van der Waals surface area contributed by atoms with Gasteiger partial charge in [-0.05, 0) is 49.7 Å². The number of amides is 1. The molecule has 6 heteroatoms. The number of nitrogens with zero attached hydrogens (tertiary/aromatic N) is 1. The van der Waals surface area contributed by atoms with Gasteiger partial charge >= 0.3 is 0 Å². The summed E-state index contributed by atoms with van der Waals surface area (Å²) in [6.45, 7) is 0.901. The fourth-order valence-corrected chi connectivity index (χ4v) is 4.44. The quantitative estimate of drug-likeness (QED) is 0.808. The van der Waals surface area contributed by atoms with Gasteiger partial charge in [0, 0.05) is 26.6 Å². The van der Waals surface area contributed by atoms with Crippen LogP contribution in [0.3, 0.4) is 0 Å². The summed E-state index contributed by atoms with van der Waals surface area (Å²) >= 11 is 0. The number of aryl methyl sites for hydroxylation is 1. The van der Waals surface area contributed by atoms with Crippen LogP contribution in [0.5, 0.6) is 5.75 Å². The Hall–Kier alpha value is -1.63. The molecule has 2 aliphatic rings. The highest BCUT2D eigenvalue weighted by molar-refractivity contribution is 5.76. The van der Waals surface area contributed by atoms with E-state index in [-0.39, 0.29) is 19.1 Å². The minimum atomic E-state index is -1.13. The number of aliphatic hydroxyl groups is 2. The van der Waals surface area contributed by atoms with Crippen LogP contribution in [0.25, 0.3) is 0 Å². The van der Waals surface area contributed by atoms with Gasteiger partial charge in [0.2, 0.25) is 5.91 Å². The Morgan fingerprint density at radius 1 is 1.17 bits per heavy atom. The number of benzene rings is 1. The SMILES string of the molecule is CO[C@H]1CN(C(=O)CC2CCCC2)CCCCc2ccccc2OC[C@@H](O)[C@H]1O. The van der Waals surface area contributed by atoms with Gasteiger partial charge < -0.3 is 24.6 Å². The van der Waals surface area contributed by atoms with E-state index in [9.17, 15) is 15.0 Å². The fraction of sp³-hybridized carbons (Fsp3) is 0.696. The first kappa shape index (κ1) is 22.1. The number of rotatable bonds is 3. The molecule has 1 aliphatic carbocycles. The number of aliphatic hydroxyl groups excluding tert-OH is 2. The molecule has 1 amide bonds. The lowest BCUT2D eigenvalue weighted by atomic mass is 10.0. The molecule has 1 fully saturated rings. The lowest BCUT2D eigenvalue weighted by molar-refractivity contribution is -0.138. The zero-order chi connectivity index (χ0) is 20.6. The van der Waals surface area contributed by atoms with Crippen molar-refractivity contribution in [1.29, 1.82) is 0 Å². The van der Waals surface area contributed by atoms with Crippen LogP contribution in [0.4, 0.5) is 0 Å². The van der Waals surface area contributed by atoms with Gasteiger partial charge in [0.15, 0.2) is 0 Å². The zero-order valence-electron chi connectivity index (χ0n) is 17.5. The van der Waals surface area contributed by atoms with Crippen molar-refractivity contribution in [2.75, 3.05) is 26.8 Å². The summed E-state index contributed by atoms with van der Waals surface area (Å²) < 4.78 is 11.3. The van der Waals surface area contributed by atoms with Gasteiger partial charge in [-0.25, -0.2) is 0 Å². The van der Waals surface area contributed by atoms with Gasteiger partial charge in [-0.3, -0.25) is 4.79 Å². The van der Waals surface area contributed by atoms with Crippen LogP contribution in [0.15, 0.2) is 24.3 Å². The van der Waals surface area contributed by atoms with Gasteiger partial charge in [0.05, 0.1) is 0 Å². The van der Waals surface area contributed by atoms with E-state index in [0.29, 0.717) is 18.9 Å². The molecule has 29 heavy (non-hydrogen) atoms. The van der Waals surface area contributed by atoms with E-state index >= 15 is 0 Å². The summed E-state index contributed by atoms with van der Waals surface area (Å²) in [7, 11) is 1.51. The first-order chi connectivity index (χ1) is 14.1. The second-order valence-corrected chi connectivity index (χ2v) is 8.40. The highest BCUT2D eigenvalue weighted by atomic mass is 16.5. The van der Waals surface area contributed by atoms with Crippen LogP contribution < -0.4 is 4.74 Å². The second kappa shape index (κ2) is 11.0. The topological polar surface area (TPSA) is 79.2 Å². The van der Waals surface area contributed by atoms with E-state index in [1.165, 1.54) is 20.0 Å². The summed E-state index contributed by atoms with van der Waals surface area (Å²) in [6.07, 6.45) is 5.04. The molecule has 0 saturated heterocycles. The molecule has 1 aromatic rings. The molecule has 1 saturated carbocycles. The molecule has 1 aromatic carbocycles. The monoisotopic (exact) mass is 405 g/mol. The Morgan fingerprint density at radius 3 is 2.69 bits per heavy atom. The van der Waals surface area contributed by atoms with E-state index in [2.05, 4.69) is 0 Å². The molecule has 0 radical (unpaired) electrons. The predicted octanol–water partition coefficient (Wildman–Crippen LogP) is 2.55. The van der Waals surface area contributed by atoms with Crippen LogP contribution in [-0.2, 0) is 16.0 Å². The third-order valence-corrected chi connectivity index (χ3v) is 6.28. The van der Waals surface area contributed by atoms with E-state index in [1.807, 2.05) is 29.2 Å². The summed E-state index contributed by atoms with van der Waals surface area (Å²) in [4.78, 5) is 14.8. The molecule has 162 valence electrons. The van der Waals surface area contributed by atoms with Crippen molar-refractivity contribution < 1.29 is 24.5 Å². The minimum Gasteiger partial charge on any atom is -0.491 e. The number of para-hydroxylation sites is 1. The van der Waals surface area contributed by atoms with Crippen molar-refractivity contribution in [2.45, 2.75) is 69.7 Å². The summed E-state index contributed by atoms with van der Waals surface area (Å²) in [5.74, 6) is 1.34. The van der Waals surface area contributed by atoms with Crippen LogP contribution in [0.1, 0.15) is 50.5 Å². The molecule has 2 N–H and O–H groups in total. The molecule has 6 nitrogen and oxygen atoms in total. The Bertz CT molecular complexity index is 646. The van der Waals surface area contributed by atoms with Gasteiger partial charge in [0.25, 0.3) is 0 Å². The summed E-state index contributed by atoms with van der Waals surface area (Å²) in [5, 5.41) is 21.1. The largest absolute Gasteiger partial charge is 0.491 e. The molecule has 3 rings (SSSR count). The smallest absolute Gasteiger partial charge is 0.222 e. The van der Waals surface area contributed by atoms with E-state index < -0.39 is 18.3 Å². The Balaban J connectivity index is 1.73. The van der Waals surface area contributed by atoms with E-state index in [0.717, 1.165) is 43.4 Å². The average Bonchev–Trinajstić information content (AvgIpc) is 3.24. The van der Waals surface area contributed by atoms with Crippen LogP contribution in [0.2, 0.25) is 0 Å². The highest BCUT2D eigenvalue weighted by Crippen LogP contribution is 2.28. The number of ether oxygens (including phenoxy) is 2. The third-order valence-electron chi connectivity index (χ3n) is 6.28. The van der Waals surface area contributed by atoms with Crippen molar-refractivity contribution in [2.24, 2.45) is 5.92 Å². The maximum atomic E-state index is 13.0. The first-order valence-electron chi connectivity index (χ1n) is 11.0. The predicted molar refractivity (Wildman–Crippen MR) is 111 cm³/mol. The number of hydrogen-bond acceptors (Lipinski definition) is 5. The van der Waals surface area contributed by atoms with Gasteiger partial charge in [-0.1, -0.05) is 31.0 Å². The van der Waals surface area contributed by atoms with Crippen molar-refractivity contribution in [3.05, 3.63) is 29.8 Å². The Morgan fingerprint density at radius 2 is 1.93 bits per heavy atom. The van der Waals surface area contributed by atoms with Crippen LogP contribution in [0, 0.1) is 5.92 Å². The summed E-state index contributed by atoms with van der Waals surface area (Å²) in [6, 6.07) is 7.79. The molecule has 0 spiro atoms. The molecule has 0 bridgehead atoms. The molecule has 1 heterocycles. The van der Waals surface area contributed by atoms with Crippen molar-refractivity contribution >= 4 is 5.91 Å². The lowest BCUT2D eigenvalue weighted by Gasteiger charge is -2.32. The standard InChI is InChI=1S/C23H35NO5/c1-28-21-15-24(22(26)14-17-8-2-3-9-17)13-7-6-11-18-10-4-5-12-20(18)29-16-19(25)23(21)27/h4-5,10,12,17,19,21,23,25,27H,2-3,6-9,11,13-16H2,1H3/t19-,21+,23-/m1/s1. The molecular formula is C23H35NO5. The number of methoxy groups -OCH3 is 1. The van der Waals surface area contributed by atoms with E-state index in [4.69, 9.17) is 9.47 Å². The molecular weight excluding hydrogens is 370 g/mol. The van der Waals surface area contributed by atoms with Crippen molar-refractivity contribution in [1.82, 2.24) is 4.90 Å². The zero-order valence-corrected chi connectivity index (χ0v) is 17.5. The van der Waals surface area contributed by atoms with Gasteiger partial charge in [-0.2, -0.15) is 0 Å². The average molecular weight is 406 g/mol. The van der Waals surface area contributed by atoms with Crippen molar-refractivity contribution in [3.8, 4) is 5.75 Å². The minimum absolute atomic E-state index is 0.0198. The van der Waals surface area contributed by atoms with Crippen LogP contribution in [-0.4, -0.2) is 66.1 Å². The third kappa shape index (κ3) is 6.17. The van der Waals surface area contributed by atoms with Crippen molar-refractivity contribution in [3.63, 3.8) is 0 Å². The lowest BCUT2D eigenvalue weighted by Crippen LogP contribution is -2.49. The molecule has 0 aromatic heterocycles. The van der Waals surface area contributed by atoms with Gasteiger partial charge in [0.1, 0.15) is 30.7 Å². The maximum Gasteiger partial charge on any atom is 0.222 e. The summed E-state index contributed by atoms with van der Waals surface area (Å²) in [5.41, 5.74) is 1.08.